The van der Waals surface area contributed by atoms with Crippen molar-refractivity contribution in [1.29, 1.82) is 0 Å². The lowest BCUT2D eigenvalue weighted by molar-refractivity contribution is 0.578. The summed E-state index contributed by atoms with van der Waals surface area (Å²) in [5, 5.41) is 4.00. The molecule has 4 nitrogen and oxygen atoms in total. The first kappa shape index (κ1) is 15.2. The predicted molar refractivity (Wildman–Crippen MR) is 83.1 cm³/mol. The van der Waals surface area contributed by atoms with Gasteiger partial charge in [-0.15, -0.1) is 0 Å². The average molecular weight is 310 g/mol. The summed E-state index contributed by atoms with van der Waals surface area (Å²) >= 11 is 1.60. The van der Waals surface area contributed by atoms with Crippen LogP contribution in [0.15, 0.2) is 35.2 Å². The molecule has 0 unspecified atom stereocenters. The molecule has 0 aliphatic carbocycles. The van der Waals surface area contributed by atoms with Crippen molar-refractivity contribution in [3.8, 4) is 11.3 Å². The summed E-state index contributed by atoms with van der Waals surface area (Å²) < 4.78 is 26.3. The topological polar surface area (TPSA) is 59.1 Å². The molecule has 0 radical (unpaired) electrons. The van der Waals surface area contributed by atoms with Gasteiger partial charge in [-0.25, -0.2) is 13.1 Å². The van der Waals surface area contributed by atoms with E-state index in [1.54, 1.807) is 17.5 Å². The lowest BCUT2D eigenvalue weighted by Crippen LogP contribution is -2.26. The molecule has 2 heterocycles. The van der Waals surface area contributed by atoms with E-state index in [1.807, 2.05) is 35.9 Å². The van der Waals surface area contributed by atoms with E-state index >= 15 is 0 Å². The average Bonchev–Trinajstić information content (AvgIpc) is 2.97. The van der Waals surface area contributed by atoms with Crippen LogP contribution in [0.4, 0.5) is 0 Å². The monoisotopic (exact) mass is 310 g/mol. The molecule has 0 saturated heterocycles. The number of hydrogen-bond acceptors (Lipinski definition) is 4. The third kappa shape index (κ3) is 4.13. The third-order valence-electron chi connectivity index (χ3n) is 2.94. The van der Waals surface area contributed by atoms with Gasteiger partial charge in [0, 0.05) is 23.7 Å². The number of pyridine rings is 1. The molecule has 20 heavy (non-hydrogen) atoms. The summed E-state index contributed by atoms with van der Waals surface area (Å²) in [4.78, 5) is 4.36. The van der Waals surface area contributed by atoms with Gasteiger partial charge in [-0.1, -0.05) is 19.4 Å². The molecule has 0 fully saturated rings. The molecule has 0 aliphatic rings. The lowest BCUT2D eigenvalue weighted by Gasteiger charge is -2.09. The maximum atomic E-state index is 11.8. The Hall–Kier alpha value is -1.24. The van der Waals surface area contributed by atoms with Crippen molar-refractivity contribution in [2.75, 3.05) is 5.75 Å². The third-order valence-corrected chi connectivity index (χ3v) is 5.03. The van der Waals surface area contributed by atoms with Crippen molar-refractivity contribution >= 4 is 21.4 Å². The molecular weight excluding hydrogens is 292 g/mol. The standard InChI is InChI=1S/C14H18N2O2S2/c1-2-3-9-20(17,18)16-10-12-5-4-7-15-14(12)13-6-8-19-11-13/h4-8,11,16H,2-3,9-10H2,1H3. The first-order chi connectivity index (χ1) is 9.62. The molecular formula is C14H18N2O2S2. The van der Waals surface area contributed by atoms with Crippen LogP contribution in [-0.4, -0.2) is 19.2 Å². The van der Waals surface area contributed by atoms with Gasteiger partial charge in [0.2, 0.25) is 10.0 Å². The van der Waals surface area contributed by atoms with Crippen molar-refractivity contribution in [3.63, 3.8) is 0 Å². The van der Waals surface area contributed by atoms with Gasteiger partial charge in [-0.3, -0.25) is 4.98 Å². The predicted octanol–water partition coefficient (Wildman–Crippen LogP) is 3.03. The molecule has 0 saturated carbocycles. The van der Waals surface area contributed by atoms with Gasteiger partial charge in [0.15, 0.2) is 0 Å². The second-order valence-corrected chi connectivity index (χ2v) is 7.22. The highest BCUT2D eigenvalue weighted by molar-refractivity contribution is 7.89. The summed E-state index contributed by atoms with van der Waals surface area (Å²) in [6.07, 6.45) is 3.27. The minimum atomic E-state index is -3.20. The van der Waals surface area contributed by atoms with Crippen LogP contribution >= 0.6 is 11.3 Å². The fourth-order valence-corrected chi connectivity index (χ4v) is 3.66. The van der Waals surface area contributed by atoms with E-state index in [9.17, 15) is 8.42 Å². The normalized spacial score (nSPS) is 11.7. The number of hydrogen-bond donors (Lipinski definition) is 1. The SMILES string of the molecule is CCCCS(=O)(=O)NCc1cccnc1-c1ccsc1. The highest BCUT2D eigenvalue weighted by atomic mass is 32.2. The molecule has 0 atom stereocenters. The largest absolute Gasteiger partial charge is 0.256 e. The molecule has 0 spiro atoms. The van der Waals surface area contributed by atoms with Crippen LogP contribution in [0.3, 0.4) is 0 Å². The number of rotatable bonds is 7. The van der Waals surface area contributed by atoms with Crippen molar-refractivity contribution in [2.45, 2.75) is 26.3 Å². The van der Waals surface area contributed by atoms with Gasteiger partial charge >= 0.3 is 0 Å². The van der Waals surface area contributed by atoms with Crippen LogP contribution in [0.2, 0.25) is 0 Å². The molecule has 0 aromatic carbocycles. The molecule has 0 bridgehead atoms. The Morgan fingerprint density at radius 3 is 2.90 bits per heavy atom. The van der Waals surface area contributed by atoms with E-state index in [-0.39, 0.29) is 12.3 Å². The minimum Gasteiger partial charge on any atom is -0.256 e. The van der Waals surface area contributed by atoms with Crippen LogP contribution in [-0.2, 0) is 16.6 Å². The van der Waals surface area contributed by atoms with E-state index in [0.29, 0.717) is 6.42 Å². The van der Waals surface area contributed by atoms with Gasteiger partial charge in [-0.05, 0) is 29.5 Å². The van der Waals surface area contributed by atoms with Crippen molar-refractivity contribution < 1.29 is 8.42 Å². The van der Waals surface area contributed by atoms with Crippen molar-refractivity contribution in [2.24, 2.45) is 0 Å². The second kappa shape index (κ2) is 6.97. The van der Waals surface area contributed by atoms with Crippen LogP contribution in [0.1, 0.15) is 25.3 Å². The number of nitrogens with zero attached hydrogens (tertiary/aromatic N) is 1. The maximum Gasteiger partial charge on any atom is 0.211 e. The zero-order chi connectivity index (χ0) is 14.4. The maximum absolute atomic E-state index is 11.8. The van der Waals surface area contributed by atoms with E-state index < -0.39 is 10.0 Å². The van der Waals surface area contributed by atoms with E-state index in [1.165, 1.54) is 0 Å². The highest BCUT2D eigenvalue weighted by Crippen LogP contribution is 2.23. The fraction of sp³-hybridized carbons (Fsp3) is 0.357. The Morgan fingerprint density at radius 2 is 2.20 bits per heavy atom. The number of nitrogens with one attached hydrogen (secondary N) is 1. The lowest BCUT2D eigenvalue weighted by atomic mass is 10.1. The summed E-state index contributed by atoms with van der Waals surface area (Å²) in [6.45, 7) is 2.26. The van der Waals surface area contributed by atoms with Crippen LogP contribution in [0.25, 0.3) is 11.3 Å². The second-order valence-electron chi connectivity index (χ2n) is 4.52. The number of unbranched alkanes of at least 4 members (excludes halogenated alkanes) is 1. The Balaban J connectivity index is 2.11. The van der Waals surface area contributed by atoms with Crippen LogP contribution < -0.4 is 4.72 Å². The molecule has 2 rings (SSSR count). The Kier molecular flexibility index (Phi) is 5.28. The molecule has 108 valence electrons. The molecule has 1 N–H and O–H groups in total. The minimum absolute atomic E-state index is 0.178. The van der Waals surface area contributed by atoms with E-state index in [2.05, 4.69) is 9.71 Å². The zero-order valence-electron chi connectivity index (χ0n) is 11.4. The Morgan fingerprint density at radius 1 is 1.35 bits per heavy atom. The molecule has 0 aliphatic heterocycles. The van der Waals surface area contributed by atoms with Gasteiger partial charge in [0.05, 0.1) is 11.4 Å². The Bertz CT molecular complexity index is 637. The van der Waals surface area contributed by atoms with E-state index in [4.69, 9.17) is 0 Å². The smallest absolute Gasteiger partial charge is 0.211 e. The van der Waals surface area contributed by atoms with Gasteiger partial charge in [0.25, 0.3) is 0 Å². The van der Waals surface area contributed by atoms with Gasteiger partial charge in [0.1, 0.15) is 0 Å². The summed E-state index contributed by atoms with van der Waals surface area (Å²) in [5.74, 6) is 0.178. The van der Waals surface area contributed by atoms with Crippen LogP contribution in [0.5, 0.6) is 0 Å². The van der Waals surface area contributed by atoms with Gasteiger partial charge < -0.3 is 0 Å². The van der Waals surface area contributed by atoms with Gasteiger partial charge in [-0.2, -0.15) is 11.3 Å². The Labute approximate surface area is 123 Å². The van der Waals surface area contributed by atoms with Crippen LogP contribution in [0, 0.1) is 0 Å². The molecule has 2 aromatic heterocycles. The molecule has 0 amide bonds. The first-order valence-corrected chi connectivity index (χ1v) is 9.15. The molecule has 6 heteroatoms. The molecule has 2 aromatic rings. The quantitative estimate of drug-likeness (QED) is 0.855. The van der Waals surface area contributed by atoms with Crippen molar-refractivity contribution in [3.05, 3.63) is 40.7 Å². The summed E-state index contributed by atoms with van der Waals surface area (Å²) in [6, 6.07) is 5.72. The highest BCUT2D eigenvalue weighted by Gasteiger charge is 2.12. The summed E-state index contributed by atoms with van der Waals surface area (Å²) in [7, 11) is -3.20. The number of aromatic nitrogens is 1. The van der Waals surface area contributed by atoms with Crippen molar-refractivity contribution in [1.82, 2.24) is 9.71 Å². The number of sulfonamides is 1. The van der Waals surface area contributed by atoms with E-state index in [0.717, 1.165) is 23.2 Å². The fourth-order valence-electron chi connectivity index (χ4n) is 1.83. The number of thiophene rings is 1. The zero-order valence-corrected chi connectivity index (χ0v) is 13.0. The summed E-state index contributed by atoms with van der Waals surface area (Å²) in [5.41, 5.74) is 2.76. The first-order valence-electron chi connectivity index (χ1n) is 6.56.